The molecule has 1 fully saturated rings. The van der Waals surface area contributed by atoms with Crippen LogP contribution in [0.5, 0.6) is 0 Å². The van der Waals surface area contributed by atoms with Gasteiger partial charge in [-0.2, -0.15) is 13.2 Å². The van der Waals surface area contributed by atoms with Gasteiger partial charge in [-0.25, -0.2) is 8.42 Å². The fourth-order valence-electron chi connectivity index (χ4n) is 4.72. The Labute approximate surface area is 178 Å². The second-order valence-electron chi connectivity index (χ2n) is 7.83. The highest BCUT2D eigenvalue weighted by Crippen LogP contribution is 2.42. The van der Waals surface area contributed by atoms with E-state index in [1.54, 1.807) is 12.1 Å². The van der Waals surface area contributed by atoms with E-state index in [9.17, 15) is 21.6 Å². The van der Waals surface area contributed by atoms with Gasteiger partial charge in [-0.3, -0.25) is 0 Å². The molecule has 2 atom stereocenters. The van der Waals surface area contributed by atoms with E-state index in [4.69, 9.17) is 0 Å². The van der Waals surface area contributed by atoms with Crippen molar-refractivity contribution >= 4 is 33.1 Å². The second-order valence-corrected chi connectivity index (χ2v) is 9.77. The molecule has 5 rings (SSSR count). The van der Waals surface area contributed by atoms with Gasteiger partial charge in [0.05, 0.1) is 15.4 Å². The smallest absolute Gasteiger partial charge is 0.347 e. The maximum atomic E-state index is 13.1. The Hall–Kier alpha value is -2.03. The summed E-state index contributed by atoms with van der Waals surface area (Å²) in [4.78, 5) is -0.339. The van der Waals surface area contributed by atoms with Crippen molar-refractivity contribution in [2.45, 2.75) is 47.3 Å². The SMILES string of the molecule is Cl.Cn1c2c(c3cc(S(=O)(=O)c4cccc(C(F)(F)F)c4)ccc31)[C@H]1CC[C@@H](C2)N1. The van der Waals surface area contributed by atoms with Gasteiger partial charge in [-0.15, -0.1) is 12.4 Å². The molecule has 1 aromatic heterocycles. The molecule has 2 bridgehead atoms. The van der Waals surface area contributed by atoms with Crippen molar-refractivity contribution < 1.29 is 21.6 Å². The molecule has 2 aliphatic rings. The van der Waals surface area contributed by atoms with E-state index in [0.717, 1.165) is 47.9 Å². The normalized spacial score (nSPS) is 20.8. The molecule has 2 aromatic carbocycles. The minimum Gasteiger partial charge on any atom is -0.347 e. The number of hydrogen-bond donors (Lipinski definition) is 1. The van der Waals surface area contributed by atoms with Crippen LogP contribution in [0.3, 0.4) is 0 Å². The molecule has 0 saturated carbocycles. The van der Waals surface area contributed by atoms with E-state index in [0.29, 0.717) is 12.1 Å². The van der Waals surface area contributed by atoms with E-state index in [1.165, 1.54) is 17.8 Å². The van der Waals surface area contributed by atoms with Gasteiger partial charge in [-0.05, 0) is 54.8 Å². The molecule has 0 spiro atoms. The highest BCUT2D eigenvalue weighted by atomic mass is 35.5. The minimum absolute atomic E-state index is 0. The van der Waals surface area contributed by atoms with Crippen molar-refractivity contribution in [1.82, 2.24) is 9.88 Å². The van der Waals surface area contributed by atoms with Gasteiger partial charge < -0.3 is 9.88 Å². The number of alkyl halides is 3. The summed E-state index contributed by atoms with van der Waals surface area (Å²) >= 11 is 0. The number of aromatic nitrogens is 1. The fourth-order valence-corrected chi connectivity index (χ4v) is 6.06. The Morgan fingerprint density at radius 2 is 1.80 bits per heavy atom. The Balaban J connectivity index is 0.00000218. The highest BCUT2D eigenvalue weighted by molar-refractivity contribution is 7.91. The Morgan fingerprint density at radius 3 is 2.53 bits per heavy atom. The van der Waals surface area contributed by atoms with E-state index >= 15 is 0 Å². The summed E-state index contributed by atoms with van der Waals surface area (Å²) < 4.78 is 67.4. The molecule has 0 aliphatic carbocycles. The quantitative estimate of drug-likeness (QED) is 0.602. The zero-order chi connectivity index (χ0) is 20.6. The topological polar surface area (TPSA) is 51.1 Å². The Kier molecular flexibility index (Phi) is 4.95. The predicted octanol–water partition coefficient (Wildman–Crippen LogP) is 4.80. The number of nitrogens with zero attached hydrogens (tertiary/aromatic N) is 1. The van der Waals surface area contributed by atoms with Crippen molar-refractivity contribution in [2.24, 2.45) is 7.05 Å². The van der Waals surface area contributed by atoms with Gasteiger partial charge in [0.1, 0.15) is 0 Å². The number of benzene rings is 2. The number of rotatable bonds is 2. The van der Waals surface area contributed by atoms with Gasteiger partial charge in [0, 0.05) is 42.1 Å². The van der Waals surface area contributed by atoms with Crippen LogP contribution in [0.2, 0.25) is 0 Å². The monoisotopic (exact) mass is 456 g/mol. The third kappa shape index (κ3) is 3.13. The molecule has 1 N–H and O–H groups in total. The first-order valence-corrected chi connectivity index (χ1v) is 10.9. The highest BCUT2D eigenvalue weighted by Gasteiger charge is 2.36. The Morgan fingerprint density at radius 1 is 1.07 bits per heavy atom. The molecule has 3 heterocycles. The average Bonchev–Trinajstić information content (AvgIpc) is 3.20. The van der Waals surface area contributed by atoms with Crippen LogP contribution >= 0.6 is 12.4 Å². The van der Waals surface area contributed by atoms with Crippen LogP contribution in [0.1, 0.15) is 35.7 Å². The van der Waals surface area contributed by atoms with Crippen LogP contribution in [-0.2, 0) is 29.5 Å². The summed E-state index contributed by atoms with van der Waals surface area (Å²) in [7, 11) is -2.09. The number of nitrogens with one attached hydrogen (secondary N) is 1. The first-order chi connectivity index (χ1) is 13.7. The van der Waals surface area contributed by atoms with Gasteiger partial charge in [0.15, 0.2) is 0 Å². The van der Waals surface area contributed by atoms with Crippen LogP contribution in [0.15, 0.2) is 52.3 Å². The van der Waals surface area contributed by atoms with E-state index < -0.39 is 21.6 Å². The molecule has 160 valence electrons. The van der Waals surface area contributed by atoms with Crippen molar-refractivity contribution in [3.8, 4) is 0 Å². The summed E-state index contributed by atoms with van der Waals surface area (Å²) in [5.74, 6) is 0. The first-order valence-electron chi connectivity index (χ1n) is 9.46. The van der Waals surface area contributed by atoms with Crippen LogP contribution in [-0.4, -0.2) is 19.0 Å². The number of fused-ring (bicyclic) bond motifs is 6. The molecule has 3 aromatic rings. The van der Waals surface area contributed by atoms with Gasteiger partial charge in [-0.1, -0.05) is 6.07 Å². The molecule has 0 radical (unpaired) electrons. The zero-order valence-electron chi connectivity index (χ0n) is 16.0. The summed E-state index contributed by atoms with van der Waals surface area (Å²) in [6.45, 7) is 0. The summed E-state index contributed by atoms with van der Waals surface area (Å²) in [5.41, 5.74) is 2.29. The Bertz CT molecular complexity index is 1250. The number of hydrogen-bond acceptors (Lipinski definition) is 3. The largest absolute Gasteiger partial charge is 0.416 e. The van der Waals surface area contributed by atoms with Crippen molar-refractivity contribution in [2.75, 3.05) is 0 Å². The number of sulfone groups is 1. The molecule has 2 aliphatic heterocycles. The van der Waals surface area contributed by atoms with Gasteiger partial charge in [0.25, 0.3) is 0 Å². The molecule has 1 saturated heterocycles. The third-order valence-electron chi connectivity index (χ3n) is 6.15. The maximum Gasteiger partial charge on any atom is 0.416 e. The molecule has 9 heteroatoms. The molecular formula is C21H20ClF3N2O2S. The van der Waals surface area contributed by atoms with E-state index in [-0.39, 0.29) is 28.2 Å². The van der Waals surface area contributed by atoms with Crippen LogP contribution in [0.25, 0.3) is 10.9 Å². The lowest BCUT2D eigenvalue weighted by atomic mass is 9.99. The lowest BCUT2D eigenvalue weighted by Gasteiger charge is -2.23. The summed E-state index contributed by atoms with van der Waals surface area (Å²) in [5, 5.41) is 4.43. The molecule has 30 heavy (non-hydrogen) atoms. The van der Waals surface area contributed by atoms with Gasteiger partial charge in [0.2, 0.25) is 9.84 Å². The lowest BCUT2D eigenvalue weighted by Crippen LogP contribution is -2.32. The van der Waals surface area contributed by atoms with E-state index in [2.05, 4.69) is 9.88 Å². The number of aryl methyl sites for hydroxylation is 1. The second kappa shape index (κ2) is 7.00. The summed E-state index contributed by atoms with van der Waals surface area (Å²) in [6, 6.07) is 9.39. The van der Waals surface area contributed by atoms with Crippen molar-refractivity contribution in [1.29, 1.82) is 0 Å². The van der Waals surface area contributed by atoms with Crippen LogP contribution in [0, 0.1) is 0 Å². The lowest BCUT2D eigenvalue weighted by molar-refractivity contribution is -0.137. The molecule has 0 amide bonds. The first kappa shape index (κ1) is 21.2. The predicted molar refractivity (Wildman–Crippen MR) is 110 cm³/mol. The van der Waals surface area contributed by atoms with Crippen molar-refractivity contribution in [3.05, 3.63) is 59.3 Å². The zero-order valence-corrected chi connectivity index (χ0v) is 17.7. The maximum absolute atomic E-state index is 13.1. The standard InChI is InChI=1S/C21H19F3N2O2S.ClH/c1-26-18-8-6-15(11-16(18)20-17-7-5-13(25-17)10-19(20)26)29(27,28)14-4-2-3-12(9-14)21(22,23)24;/h2-4,6,8-9,11,13,17,25H,5,7,10H2,1H3;1H/t13-,17+;/m0./s1. The minimum atomic E-state index is -4.60. The average molecular weight is 457 g/mol. The van der Waals surface area contributed by atoms with Gasteiger partial charge >= 0.3 is 6.18 Å². The third-order valence-corrected chi connectivity index (χ3v) is 7.90. The molecule has 0 unspecified atom stereocenters. The number of halogens is 4. The molecule has 4 nitrogen and oxygen atoms in total. The fraction of sp³-hybridized carbons (Fsp3) is 0.333. The molecular weight excluding hydrogens is 437 g/mol. The van der Waals surface area contributed by atoms with E-state index in [1.807, 2.05) is 7.05 Å². The summed E-state index contributed by atoms with van der Waals surface area (Å²) in [6.07, 6.45) is -1.62. The van der Waals surface area contributed by atoms with Crippen molar-refractivity contribution in [3.63, 3.8) is 0 Å². The van der Waals surface area contributed by atoms with Crippen LogP contribution < -0.4 is 5.32 Å². The van der Waals surface area contributed by atoms with Crippen LogP contribution in [0.4, 0.5) is 13.2 Å².